The van der Waals surface area contributed by atoms with Gasteiger partial charge in [-0.3, -0.25) is 0 Å². The molecule has 7 nitrogen and oxygen atoms in total. The Kier molecular flexibility index (Phi) is 5.91. The molecule has 0 saturated heterocycles. The molecule has 170 valence electrons. The second-order valence-electron chi connectivity index (χ2n) is 8.81. The van der Waals surface area contributed by atoms with Gasteiger partial charge in [0.05, 0.1) is 24.1 Å². The van der Waals surface area contributed by atoms with Crippen LogP contribution in [0.5, 0.6) is 5.75 Å². The second-order valence-corrected chi connectivity index (χ2v) is 8.81. The number of ether oxygens (including phenoxy) is 2. The van der Waals surface area contributed by atoms with E-state index in [1.54, 1.807) is 18.5 Å². The van der Waals surface area contributed by atoms with Crippen molar-refractivity contribution < 1.29 is 19.4 Å². The summed E-state index contributed by atoms with van der Waals surface area (Å²) in [5.41, 5.74) is 4.01. The molecule has 4 rings (SSSR count). The van der Waals surface area contributed by atoms with Crippen molar-refractivity contribution >= 4 is 11.6 Å². The van der Waals surface area contributed by atoms with Crippen molar-refractivity contribution in [3.8, 4) is 28.3 Å². The largest absolute Gasteiger partial charge is 0.497 e. The molecule has 0 aliphatic heterocycles. The third-order valence-corrected chi connectivity index (χ3v) is 5.20. The lowest BCUT2D eigenvalue weighted by molar-refractivity contribution is -0.160. The number of hydrogen-bond donors (Lipinski definition) is 1. The molecular formula is C26H27N3O4. The van der Waals surface area contributed by atoms with E-state index >= 15 is 0 Å². The highest BCUT2D eigenvalue weighted by Crippen LogP contribution is 2.37. The van der Waals surface area contributed by atoms with Crippen molar-refractivity contribution in [3.63, 3.8) is 0 Å². The zero-order chi connectivity index (χ0) is 23.8. The highest BCUT2D eigenvalue weighted by Gasteiger charge is 2.33. The van der Waals surface area contributed by atoms with Gasteiger partial charge in [0.1, 0.15) is 5.75 Å². The minimum absolute atomic E-state index is 0.459. The number of carbonyl (C=O) groups is 1. The highest BCUT2D eigenvalue weighted by molar-refractivity contribution is 5.81. The number of rotatable bonds is 6. The van der Waals surface area contributed by atoms with Crippen LogP contribution in [0.25, 0.3) is 28.2 Å². The monoisotopic (exact) mass is 445 g/mol. The number of benzene rings is 2. The molecule has 33 heavy (non-hydrogen) atoms. The number of aromatic nitrogens is 3. The van der Waals surface area contributed by atoms with E-state index < -0.39 is 17.7 Å². The molecule has 1 N–H and O–H groups in total. The Hall–Kier alpha value is -3.71. The molecule has 0 aliphatic carbocycles. The maximum atomic E-state index is 12.4. The van der Waals surface area contributed by atoms with Crippen molar-refractivity contribution in [2.45, 2.75) is 39.4 Å². The quantitative estimate of drug-likeness (QED) is 0.432. The van der Waals surface area contributed by atoms with Gasteiger partial charge in [0.15, 0.2) is 11.8 Å². The Morgan fingerprint density at radius 2 is 1.73 bits per heavy atom. The van der Waals surface area contributed by atoms with E-state index in [4.69, 9.17) is 19.6 Å². The molecule has 0 aliphatic rings. The third kappa shape index (κ3) is 4.59. The van der Waals surface area contributed by atoms with Gasteiger partial charge < -0.3 is 14.6 Å². The third-order valence-electron chi connectivity index (χ3n) is 5.20. The summed E-state index contributed by atoms with van der Waals surface area (Å²) in [5, 5.41) is 15.0. The number of aryl methyl sites for hydroxylation is 1. The van der Waals surface area contributed by atoms with E-state index in [2.05, 4.69) is 0 Å². The van der Waals surface area contributed by atoms with Gasteiger partial charge in [-0.15, -0.1) is 0 Å². The topological polar surface area (TPSA) is 86.0 Å². The fourth-order valence-corrected chi connectivity index (χ4v) is 3.83. The second kappa shape index (κ2) is 8.67. The van der Waals surface area contributed by atoms with Gasteiger partial charge in [-0.25, -0.2) is 14.3 Å². The summed E-state index contributed by atoms with van der Waals surface area (Å²) >= 11 is 0. The summed E-state index contributed by atoms with van der Waals surface area (Å²) in [7, 11) is 1.59. The van der Waals surface area contributed by atoms with Crippen LogP contribution < -0.4 is 4.74 Å². The fourth-order valence-electron chi connectivity index (χ4n) is 3.83. The van der Waals surface area contributed by atoms with Gasteiger partial charge >= 0.3 is 5.97 Å². The van der Waals surface area contributed by atoms with Gasteiger partial charge in [-0.05, 0) is 39.8 Å². The van der Waals surface area contributed by atoms with Gasteiger partial charge in [0, 0.05) is 28.5 Å². The van der Waals surface area contributed by atoms with Crippen LogP contribution in [-0.4, -0.2) is 38.4 Å². The lowest BCUT2D eigenvalue weighted by atomic mass is 9.98. The van der Waals surface area contributed by atoms with E-state index in [0.29, 0.717) is 28.3 Å². The first-order chi connectivity index (χ1) is 15.7. The number of carboxylic acids is 1. The van der Waals surface area contributed by atoms with Crippen LogP contribution in [0.2, 0.25) is 0 Å². The molecule has 2 aromatic carbocycles. The summed E-state index contributed by atoms with van der Waals surface area (Å²) in [4.78, 5) is 17.1. The maximum absolute atomic E-state index is 12.4. The number of carboxylic acid groups (broad SMARTS) is 1. The predicted octanol–water partition coefficient (Wildman–Crippen LogP) is 5.32. The fraction of sp³-hybridized carbons (Fsp3) is 0.269. The molecule has 0 fully saturated rings. The molecular weight excluding hydrogens is 418 g/mol. The number of aliphatic carboxylic acids is 1. The molecule has 0 spiro atoms. The molecule has 7 heteroatoms. The molecule has 4 aromatic rings. The standard InChI is InChI=1S/C26H27N3O4/c1-16-22(24(25(30)31)33-26(2,3)4)23(18-12-9-13-19(14-18)32-5)29-21(27-16)15-20(28-29)17-10-7-6-8-11-17/h6-15,24H,1-5H3,(H,30,31). The minimum Gasteiger partial charge on any atom is -0.497 e. The number of methoxy groups -OCH3 is 1. The van der Waals surface area contributed by atoms with Gasteiger partial charge in [0.25, 0.3) is 0 Å². The first-order valence-electron chi connectivity index (χ1n) is 10.7. The average molecular weight is 446 g/mol. The van der Waals surface area contributed by atoms with Crippen molar-refractivity contribution in [1.29, 1.82) is 0 Å². The summed E-state index contributed by atoms with van der Waals surface area (Å²) in [6, 6.07) is 19.2. The first kappa shape index (κ1) is 22.5. The predicted molar refractivity (Wildman–Crippen MR) is 126 cm³/mol. The van der Waals surface area contributed by atoms with Crippen LogP contribution in [0.1, 0.15) is 38.1 Å². The van der Waals surface area contributed by atoms with Gasteiger partial charge in [0.2, 0.25) is 0 Å². The van der Waals surface area contributed by atoms with E-state index in [1.165, 1.54) is 0 Å². The highest BCUT2D eigenvalue weighted by atomic mass is 16.5. The van der Waals surface area contributed by atoms with Crippen LogP contribution in [-0.2, 0) is 9.53 Å². The minimum atomic E-state index is -1.23. The summed E-state index contributed by atoms with van der Waals surface area (Å²) < 4.78 is 13.1. The Morgan fingerprint density at radius 1 is 1.03 bits per heavy atom. The van der Waals surface area contributed by atoms with Crippen LogP contribution in [0.3, 0.4) is 0 Å². The molecule has 0 radical (unpaired) electrons. The molecule has 2 aromatic heterocycles. The molecule has 1 unspecified atom stereocenters. The maximum Gasteiger partial charge on any atom is 0.337 e. The van der Waals surface area contributed by atoms with E-state index in [1.807, 2.05) is 81.4 Å². The number of fused-ring (bicyclic) bond motifs is 1. The molecule has 0 bridgehead atoms. The van der Waals surface area contributed by atoms with Crippen LogP contribution in [0.15, 0.2) is 60.7 Å². The molecule has 1 atom stereocenters. The van der Waals surface area contributed by atoms with E-state index in [0.717, 1.165) is 16.8 Å². The Balaban J connectivity index is 2.05. The van der Waals surface area contributed by atoms with E-state index in [9.17, 15) is 9.90 Å². The zero-order valence-corrected chi connectivity index (χ0v) is 19.4. The number of nitrogens with zero attached hydrogens (tertiary/aromatic N) is 3. The van der Waals surface area contributed by atoms with Crippen LogP contribution >= 0.6 is 0 Å². The van der Waals surface area contributed by atoms with E-state index in [-0.39, 0.29) is 0 Å². The van der Waals surface area contributed by atoms with Crippen molar-refractivity contribution in [2.24, 2.45) is 0 Å². The SMILES string of the molecule is COc1cccc(-c2c(C(OC(C)(C)C)C(=O)O)c(C)nc3cc(-c4ccccc4)nn23)c1. The summed E-state index contributed by atoms with van der Waals surface area (Å²) in [6.45, 7) is 7.29. The lowest BCUT2D eigenvalue weighted by Gasteiger charge is -2.27. The Morgan fingerprint density at radius 3 is 2.36 bits per heavy atom. The lowest BCUT2D eigenvalue weighted by Crippen LogP contribution is -2.29. The van der Waals surface area contributed by atoms with Crippen LogP contribution in [0.4, 0.5) is 0 Å². The average Bonchev–Trinajstić information content (AvgIpc) is 3.20. The molecule has 0 saturated carbocycles. The normalized spacial score (nSPS) is 12.6. The Labute approximate surface area is 192 Å². The molecule has 0 amide bonds. The van der Waals surface area contributed by atoms with Crippen molar-refractivity contribution in [2.75, 3.05) is 7.11 Å². The summed E-state index contributed by atoms with van der Waals surface area (Å²) in [6.07, 6.45) is -1.23. The van der Waals surface area contributed by atoms with Gasteiger partial charge in [-0.1, -0.05) is 42.5 Å². The van der Waals surface area contributed by atoms with Crippen molar-refractivity contribution in [3.05, 3.63) is 71.9 Å². The summed E-state index contributed by atoms with van der Waals surface area (Å²) in [5.74, 6) is -0.436. The zero-order valence-electron chi connectivity index (χ0n) is 19.4. The van der Waals surface area contributed by atoms with Crippen LogP contribution in [0, 0.1) is 6.92 Å². The van der Waals surface area contributed by atoms with Crippen molar-refractivity contribution in [1.82, 2.24) is 14.6 Å². The molecule has 2 heterocycles. The van der Waals surface area contributed by atoms with Gasteiger partial charge in [-0.2, -0.15) is 5.10 Å². The Bertz CT molecular complexity index is 1310. The first-order valence-corrected chi connectivity index (χ1v) is 10.7. The number of hydrogen-bond acceptors (Lipinski definition) is 5. The smallest absolute Gasteiger partial charge is 0.337 e.